The Hall–Kier alpha value is -0.770. The van der Waals surface area contributed by atoms with Gasteiger partial charge in [0.15, 0.2) is 0 Å². The van der Waals surface area contributed by atoms with Crippen molar-refractivity contribution >= 4 is 29.1 Å². The minimum atomic E-state index is -0.232. The van der Waals surface area contributed by atoms with Gasteiger partial charge in [0.2, 0.25) is 5.91 Å². The van der Waals surface area contributed by atoms with Crippen LogP contribution in [-0.2, 0) is 11.2 Å². The third kappa shape index (κ3) is 3.46. The van der Waals surface area contributed by atoms with Gasteiger partial charge in [0, 0.05) is 23.1 Å². The molecule has 1 aromatic rings. The molecule has 20 heavy (non-hydrogen) atoms. The maximum atomic E-state index is 12.3. The van der Waals surface area contributed by atoms with Crippen molar-refractivity contribution in [3.8, 4) is 0 Å². The van der Waals surface area contributed by atoms with Crippen LogP contribution in [0.2, 0.25) is 10.0 Å². The maximum absolute atomic E-state index is 12.3. The molecule has 2 N–H and O–H groups in total. The van der Waals surface area contributed by atoms with Gasteiger partial charge in [0.05, 0.1) is 5.41 Å². The van der Waals surface area contributed by atoms with Crippen LogP contribution in [0.1, 0.15) is 25.3 Å². The highest BCUT2D eigenvalue weighted by molar-refractivity contribution is 6.35. The minimum Gasteiger partial charge on any atom is -0.355 e. The Bertz CT molecular complexity index is 485. The normalized spacial score (nSPS) is 21.9. The van der Waals surface area contributed by atoms with Gasteiger partial charge >= 0.3 is 0 Å². The predicted molar refractivity (Wildman–Crippen MR) is 83.4 cm³/mol. The molecule has 0 bridgehead atoms. The van der Waals surface area contributed by atoms with Gasteiger partial charge in [-0.15, -0.1) is 0 Å². The summed E-state index contributed by atoms with van der Waals surface area (Å²) in [5, 5.41) is 7.59. The summed E-state index contributed by atoms with van der Waals surface area (Å²) in [6.07, 6.45) is 2.50. The Morgan fingerprint density at radius 2 is 2.25 bits per heavy atom. The van der Waals surface area contributed by atoms with E-state index in [1.807, 2.05) is 12.1 Å². The molecule has 3 nitrogen and oxygen atoms in total. The van der Waals surface area contributed by atoms with E-state index < -0.39 is 0 Å². The van der Waals surface area contributed by atoms with Crippen LogP contribution in [-0.4, -0.2) is 25.5 Å². The molecule has 1 aliphatic heterocycles. The fourth-order valence-electron chi connectivity index (χ4n) is 2.62. The number of nitrogens with one attached hydrogen (secondary N) is 2. The Kier molecular flexibility index (Phi) is 5.30. The molecule has 5 heteroatoms. The van der Waals surface area contributed by atoms with E-state index in [1.54, 1.807) is 6.07 Å². The summed E-state index contributed by atoms with van der Waals surface area (Å²) in [4.78, 5) is 12.3. The number of halogens is 2. The summed E-state index contributed by atoms with van der Waals surface area (Å²) in [6.45, 7) is 4.37. The number of rotatable bonds is 5. The van der Waals surface area contributed by atoms with E-state index in [-0.39, 0.29) is 11.3 Å². The minimum absolute atomic E-state index is 0.148. The van der Waals surface area contributed by atoms with Crippen molar-refractivity contribution in [2.45, 2.75) is 26.2 Å². The zero-order valence-electron chi connectivity index (χ0n) is 11.6. The van der Waals surface area contributed by atoms with Crippen LogP contribution in [0, 0.1) is 5.41 Å². The highest BCUT2D eigenvalue weighted by Crippen LogP contribution is 2.29. The quantitative estimate of drug-likeness (QED) is 0.877. The van der Waals surface area contributed by atoms with Crippen molar-refractivity contribution in [2.75, 3.05) is 19.6 Å². The van der Waals surface area contributed by atoms with Crippen molar-refractivity contribution in [2.24, 2.45) is 5.41 Å². The lowest BCUT2D eigenvalue weighted by atomic mass is 9.83. The van der Waals surface area contributed by atoms with E-state index in [1.165, 1.54) is 0 Å². The van der Waals surface area contributed by atoms with Crippen LogP contribution in [0.15, 0.2) is 18.2 Å². The van der Waals surface area contributed by atoms with Crippen molar-refractivity contribution in [1.82, 2.24) is 10.6 Å². The third-order valence-corrected chi connectivity index (χ3v) is 4.68. The lowest BCUT2D eigenvalue weighted by molar-refractivity contribution is -0.130. The van der Waals surface area contributed by atoms with Crippen LogP contribution in [0.4, 0.5) is 0 Å². The average molecular weight is 315 g/mol. The average Bonchev–Trinajstić information content (AvgIpc) is 2.91. The zero-order valence-corrected chi connectivity index (χ0v) is 13.2. The first-order valence-electron chi connectivity index (χ1n) is 7.00. The van der Waals surface area contributed by atoms with Crippen molar-refractivity contribution in [1.29, 1.82) is 0 Å². The Balaban J connectivity index is 1.87. The molecule has 1 fully saturated rings. The van der Waals surface area contributed by atoms with Crippen LogP contribution >= 0.6 is 23.2 Å². The lowest BCUT2D eigenvalue weighted by Gasteiger charge is -2.25. The topological polar surface area (TPSA) is 41.1 Å². The van der Waals surface area contributed by atoms with Crippen LogP contribution in [0.25, 0.3) is 0 Å². The predicted octanol–water partition coefficient (Wildman–Crippen LogP) is 3.04. The standard InChI is InChI=1S/C15H20Cl2N2O/c1-2-15(6-8-18-10-15)14(20)19-7-5-11-3-4-12(16)9-13(11)17/h3-4,9,18H,2,5-8,10H2,1H3,(H,19,20). The first kappa shape index (κ1) is 15.6. The molecule has 1 aliphatic rings. The summed E-state index contributed by atoms with van der Waals surface area (Å²) < 4.78 is 0. The second-order valence-electron chi connectivity index (χ2n) is 5.30. The van der Waals surface area contributed by atoms with Crippen LogP contribution in [0.5, 0.6) is 0 Å². The first-order chi connectivity index (χ1) is 9.57. The molecule has 1 amide bonds. The summed E-state index contributed by atoms with van der Waals surface area (Å²) in [5.74, 6) is 0.148. The molecular formula is C15H20Cl2N2O. The molecule has 110 valence electrons. The molecule has 0 radical (unpaired) electrons. The highest BCUT2D eigenvalue weighted by Gasteiger charge is 2.39. The van der Waals surface area contributed by atoms with Gasteiger partial charge in [-0.1, -0.05) is 36.2 Å². The fourth-order valence-corrected chi connectivity index (χ4v) is 3.13. The fraction of sp³-hybridized carbons (Fsp3) is 0.533. The highest BCUT2D eigenvalue weighted by atomic mass is 35.5. The SMILES string of the molecule is CCC1(C(=O)NCCc2ccc(Cl)cc2Cl)CCNC1. The lowest BCUT2D eigenvalue weighted by Crippen LogP contribution is -2.42. The summed E-state index contributed by atoms with van der Waals surface area (Å²) in [7, 11) is 0. The monoisotopic (exact) mass is 314 g/mol. The molecule has 1 atom stereocenters. The number of hydrogen-bond donors (Lipinski definition) is 2. The maximum Gasteiger partial charge on any atom is 0.227 e. The van der Waals surface area contributed by atoms with E-state index in [0.29, 0.717) is 16.6 Å². The molecule has 0 saturated carbocycles. The molecule has 1 unspecified atom stereocenters. The second-order valence-corrected chi connectivity index (χ2v) is 6.15. The summed E-state index contributed by atoms with van der Waals surface area (Å²) in [5.41, 5.74) is 0.774. The van der Waals surface area contributed by atoms with Gasteiger partial charge in [0.1, 0.15) is 0 Å². The van der Waals surface area contributed by atoms with E-state index in [0.717, 1.165) is 37.9 Å². The third-order valence-electron chi connectivity index (χ3n) is 4.10. The molecule has 1 heterocycles. The number of hydrogen-bond acceptors (Lipinski definition) is 2. The zero-order chi connectivity index (χ0) is 14.6. The van der Waals surface area contributed by atoms with E-state index >= 15 is 0 Å². The Morgan fingerprint density at radius 1 is 1.45 bits per heavy atom. The molecule has 0 aromatic heterocycles. The molecule has 2 rings (SSSR count). The van der Waals surface area contributed by atoms with E-state index in [9.17, 15) is 4.79 Å². The van der Waals surface area contributed by atoms with Gasteiger partial charge in [-0.05, 0) is 43.5 Å². The summed E-state index contributed by atoms with van der Waals surface area (Å²) in [6, 6.07) is 5.46. The number of benzene rings is 1. The molecule has 0 aliphatic carbocycles. The summed E-state index contributed by atoms with van der Waals surface area (Å²) >= 11 is 12.0. The largest absolute Gasteiger partial charge is 0.355 e. The molecule has 0 spiro atoms. The van der Waals surface area contributed by atoms with Crippen LogP contribution in [0.3, 0.4) is 0 Å². The Labute approximate surface area is 130 Å². The van der Waals surface area contributed by atoms with Crippen molar-refractivity contribution in [3.63, 3.8) is 0 Å². The Morgan fingerprint density at radius 3 is 2.85 bits per heavy atom. The van der Waals surface area contributed by atoms with Crippen molar-refractivity contribution in [3.05, 3.63) is 33.8 Å². The van der Waals surface area contributed by atoms with Crippen LogP contribution < -0.4 is 10.6 Å². The molecule has 1 saturated heterocycles. The second kappa shape index (κ2) is 6.79. The number of amides is 1. The van der Waals surface area contributed by atoms with E-state index in [2.05, 4.69) is 17.6 Å². The van der Waals surface area contributed by atoms with Gasteiger partial charge < -0.3 is 10.6 Å². The van der Waals surface area contributed by atoms with Gasteiger partial charge in [-0.2, -0.15) is 0 Å². The smallest absolute Gasteiger partial charge is 0.227 e. The van der Waals surface area contributed by atoms with Gasteiger partial charge in [-0.3, -0.25) is 4.79 Å². The molecule has 1 aromatic carbocycles. The van der Waals surface area contributed by atoms with Gasteiger partial charge in [0.25, 0.3) is 0 Å². The number of carbonyl (C=O) groups is 1. The van der Waals surface area contributed by atoms with Crippen molar-refractivity contribution < 1.29 is 4.79 Å². The molecular weight excluding hydrogens is 295 g/mol. The first-order valence-corrected chi connectivity index (χ1v) is 7.76. The van der Waals surface area contributed by atoms with E-state index in [4.69, 9.17) is 23.2 Å². The number of carbonyl (C=O) groups excluding carboxylic acids is 1. The van der Waals surface area contributed by atoms with Gasteiger partial charge in [-0.25, -0.2) is 0 Å².